The predicted molar refractivity (Wildman–Crippen MR) is 99.9 cm³/mol. The van der Waals surface area contributed by atoms with Gasteiger partial charge in [0.15, 0.2) is 11.5 Å². The van der Waals surface area contributed by atoms with Crippen molar-refractivity contribution in [2.24, 2.45) is 0 Å². The molecule has 6 nitrogen and oxygen atoms in total. The first-order valence-electron chi connectivity index (χ1n) is 9.00. The molecule has 9 heteroatoms. The summed E-state index contributed by atoms with van der Waals surface area (Å²) in [5, 5.41) is 0. The van der Waals surface area contributed by atoms with Gasteiger partial charge >= 0.3 is 6.61 Å². The molecule has 1 saturated heterocycles. The molecule has 2 atom stereocenters. The van der Waals surface area contributed by atoms with Crippen LogP contribution >= 0.6 is 0 Å². The molecule has 29 heavy (non-hydrogen) atoms. The molecule has 2 unspecified atom stereocenters. The molecular formula is C20H22F3N3O3. The molecule has 0 aliphatic carbocycles. The van der Waals surface area contributed by atoms with Crippen molar-refractivity contribution >= 4 is 5.91 Å². The zero-order chi connectivity index (χ0) is 21.0. The van der Waals surface area contributed by atoms with Gasteiger partial charge in [-0.05, 0) is 41.8 Å². The van der Waals surface area contributed by atoms with Crippen molar-refractivity contribution in [1.82, 2.24) is 15.8 Å². The molecule has 0 saturated carbocycles. The number of rotatable bonds is 7. The number of methoxy groups -OCH3 is 1. The minimum absolute atomic E-state index is 0.0853. The summed E-state index contributed by atoms with van der Waals surface area (Å²) in [5.74, 6) is -0.374. The molecule has 0 radical (unpaired) electrons. The molecular weight excluding hydrogens is 387 g/mol. The van der Waals surface area contributed by atoms with Gasteiger partial charge in [-0.25, -0.2) is 15.2 Å². The van der Waals surface area contributed by atoms with Crippen molar-refractivity contribution in [3.63, 3.8) is 0 Å². The fourth-order valence-electron chi connectivity index (χ4n) is 3.26. The van der Waals surface area contributed by atoms with Crippen LogP contribution in [0.25, 0.3) is 0 Å². The molecule has 3 rings (SSSR count). The van der Waals surface area contributed by atoms with Gasteiger partial charge in [0, 0.05) is 19.6 Å². The lowest BCUT2D eigenvalue weighted by Gasteiger charge is -2.21. The summed E-state index contributed by atoms with van der Waals surface area (Å²) in [5.41, 5.74) is 7.51. The molecule has 2 N–H and O–H groups in total. The van der Waals surface area contributed by atoms with Gasteiger partial charge < -0.3 is 14.4 Å². The quantitative estimate of drug-likeness (QED) is 0.736. The van der Waals surface area contributed by atoms with Gasteiger partial charge in [0.05, 0.1) is 7.11 Å². The first-order chi connectivity index (χ1) is 13.9. The van der Waals surface area contributed by atoms with Crippen molar-refractivity contribution in [3.8, 4) is 11.5 Å². The number of halogens is 3. The Kier molecular flexibility index (Phi) is 6.60. The number of alkyl halides is 2. The molecule has 1 amide bonds. The summed E-state index contributed by atoms with van der Waals surface area (Å²) in [7, 11) is 2.99. The van der Waals surface area contributed by atoms with Gasteiger partial charge in [-0.2, -0.15) is 8.78 Å². The maximum absolute atomic E-state index is 13.1. The van der Waals surface area contributed by atoms with E-state index in [9.17, 15) is 18.0 Å². The lowest BCUT2D eigenvalue weighted by molar-refractivity contribution is -0.132. The average Bonchev–Trinajstić information content (AvgIpc) is 3.18. The number of amides is 1. The molecule has 1 aliphatic heterocycles. The molecule has 0 bridgehead atoms. The number of nitrogens with zero attached hydrogens (tertiary/aromatic N) is 1. The lowest BCUT2D eigenvalue weighted by atomic mass is 10.0. The Balaban J connectivity index is 1.63. The van der Waals surface area contributed by atoms with E-state index in [1.165, 1.54) is 36.3 Å². The minimum Gasteiger partial charge on any atom is -0.493 e. The highest BCUT2D eigenvalue weighted by Gasteiger charge is 2.32. The van der Waals surface area contributed by atoms with Crippen LogP contribution in [0, 0.1) is 5.82 Å². The molecule has 1 fully saturated rings. The number of hydrogen-bond acceptors (Lipinski definition) is 5. The summed E-state index contributed by atoms with van der Waals surface area (Å²) < 4.78 is 47.7. The highest BCUT2D eigenvalue weighted by molar-refractivity contribution is 5.82. The maximum atomic E-state index is 13.1. The van der Waals surface area contributed by atoms with Crippen LogP contribution in [-0.4, -0.2) is 37.6 Å². The van der Waals surface area contributed by atoms with Crippen LogP contribution in [-0.2, 0) is 11.3 Å². The van der Waals surface area contributed by atoms with E-state index in [-0.39, 0.29) is 35.8 Å². The molecule has 2 aromatic carbocycles. The number of nitrogens with one attached hydrogen (secondary N) is 2. The van der Waals surface area contributed by atoms with Gasteiger partial charge in [-0.15, -0.1) is 0 Å². The Morgan fingerprint density at radius 2 is 1.90 bits per heavy atom. The average molecular weight is 409 g/mol. The Bertz CT molecular complexity index is 849. The van der Waals surface area contributed by atoms with Crippen LogP contribution in [0.1, 0.15) is 23.6 Å². The number of carbonyl (C=O) groups excluding carboxylic acids is 1. The molecule has 1 aliphatic rings. The number of ether oxygens (including phenoxy) is 2. The SMILES string of the molecule is COc1ccc(CN(C)C(=O)C2CC(c3ccc(F)cc3)NN2)cc1OC(F)F. The second kappa shape index (κ2) is 9.15. The molecule has 2 aromatic rings. The third-order valence-electron chi connectivity index (χ3n) is 4.71. The predicted octanol–water partition coefficient (Wildman–Crippen LogP) is 3.00. The zero-order valence-electron chi connectivity index (χ0n) is 16.0. The van der Waals surface area contributed by atoms with Crippen LogP contribution in [0.15, 0.2) is 42.5 Å². The fourth-order valence-corrected chi connectivity index (χ4v) is 3.26. The smallest absolute Gasteiger partial charge is 0.387 e. The van der Waals surface area contributed by atoms with Gasteiger partial charge in [0.25, 0.3) is 0 Å². The number of hydrogen-bond donors (Lipinski definition) is 2. The monoisotopic (exact) mass is 409 g/mol. The van der Waals surface area contributed by atoms with Crippen molar-refractivity contribution in [2.75, 3.05) is 14.2 Å². The topological polar surface area (TPSA) is 62.8 Å². The molecule has 1 heterocycles. The maximum Gasteiger partial charge on any atom is 0.387 e. The first-order valence-corrected chi connectivity index (χ1v) is 9.00. The van der Waals surface area contributed by atoms with E-state index < -0.39 is 12.7 Å². The van der Waals surface area contributed by atoms with Crippen LogP contribution in [0.3, 0.4) is 0 Å². The minimum atomic E-state index is -2.98. The fraction of sp³-hybridized carbons (Fsp3) is 0.350. The first kappa shape index (κ1) is 20.9. The van der Waals surface area contributed by atoms with Crippen LogP contribution in [0.4, 0.5) is 13.2 Å². The second-order valence-corrected chi connectivity index (χ2v) is 6.74. The van der Waals surface area contributed by atoms with Gasteiger partial charge in [-0.3, -0.25) is 4.79 Å². The highest BCUT2D eigenvalue weighted by Crippen LogP contribution is 2.30. The Morgan fingerprint density at radius 3 is 2.55 bits per heavy atom. The van der Waals surface area contributed by atoms with E-state index in [0.717, 1.165) is 5.56 Å². The normalized spacial score (nSPS) is 18.7. The second-order valence-electron chi connectivity index (χ2n) is 6.74. The molecule has 0 aromatic heterocycles. The Hall–Kier alpha value is -2.78. The zero-order valence-corrected chi connectivity index (χ0v) is 16.0. The third kappa shape index (κ3) is 5.18. The Morgan fingerprint density at radius 1 is 1.17 bits per heavy atom. The van der Waals surface area contributed by atoms with E-state index in [0.29, 0.717) is 12.0 Å². The van der Waals surface area contributed by atoms with E-state index in [2.05, 4.69) is 15.6 Å². The summed E-state index contributed by atoms with van der Waals surface area (Å²) in [6.45, 7) is -2.77. The number of carbonyl (C=O) groups is 1. The van der Waals surface area contributed by atoms with Crippen molar-refractivity contribution < 1.29 is 27.4 Å². The largest absolute Gasteiger partial charge is 0.493 e. The van der Waals surface area contributed by atoms with Gasteiger partial charge in [-0.1, -0.05) is 18.2 Å². The number of benzene rings is 2. The van der Waals surface area contributed by atoms with E-state index in [1.807, 2.05) is 0 Å². The van der Waals surface area contributed by atoms with Crippen molar-refractivity contribution in [2.45, 2.75) is 31.7 Å². The standard InChI is InChI=1S/C20H22F3N3O3/c1-26(11-12-3-8-17(28-2)18(9-12)29-20(22)23)19(27)16-10-15(24-25-16)13-4-6-14(21)7-5-13/h3-9,15-16,20,24-25H,10-11H2,1-2H3. The van der Waals surface area contributed by atoms with Crippen molar-refractivity contribution in [3.05, 3.63) is 59.4 Å². The van der Waals surface area contributed by atoms with Gasteiger partial charge in [0.1, 0.15) is 11.9 Å². The number of likely N-dealkylation sites (N-methyl/N-ethyl adjacent to an activating group) is 1. The van der Waals surface area contributed by atoms with E-state index in [4.69, 9.17) is 4.74 Å². The summed E-state index contributed by atoms with van der Waals surface area (Å²) in [4.78, 5) is 14.3. The highest BCUT2D eigenvalue weighted by atomic mass is 19.3. The van der Waals surface area contributed by atoms with E-state index in [1.54, 1.807) is 25.2 Å². The lowest BCUT2D eigenvalue weighted by Crippen LogP contribution is -2.43. The van der Waals surface area contributed by atoms with E-state index >= 15 is 0 Å². The molecule has 156 valence electrons. The summed E-state index contributed by atoms with van der Waals surface area (Å²) >= 11 is 0. The van der Waals surface area contributed by atoms with Crippen LogP contribution < -0.4 is 20.3 Å². The third-order valence-corrected chi connectivity index (χ3v) is 4.71. The van der Waals surface area contributed by atoms with Crippen molar-refractivity contribution in [1.29, 1.82) is 0 Å². The van der Waals surface area contributed by atoms with Crippen LogP contribution in [0.2, 0.25) is 0 Å². The molecule has 0 spiro atoms. The summed E-state index contributed by atoms with van der Waals surface area (Å²) in [6.07, 6.45) is 0.497. The summed E-state index contributed by atoms with van der Waals surface area (Å²) in [6, 6.07) is 10.1. The Labute approximate surface area is 166 Å². The van der Waals surface area contributed by atoms with Crippen LogP contribution in [0.5, 0.6) is 11.5 Å². The number of hydrazine groups is 1. The van der Waals surface area contributed by atoms with Gasteiger partial charge in [0.2, 0.25) is 5.91 Å².